The Bertz CT molecular complexity index is 1720. The zero-order chi connectivity index (χ0) is 27.8. The third kappa shape index (κ3) is 4.96. The molecule has 5 heteroatoms. The number of allylic oxidation sites excluding steroid dienone is 1. The predicted molar refractivity (Wildman–Crippen MR) is 159 cm³/mol. The molecule has 4 aromatic carbocycles. The van der Waals surface area contributed by atoms with Crippen molar-refractivity contribution in [2.75, 3.05) is 0 Å². The molecule has 0 amide bonds. The van der Waals surface area contributed by atoms with Crippen LogP contribution < -0.4 is 0 Å². The summed E-state index contributed by atoms with van der Waals surface area (Å²) in [5, 5.41) is 13.5. The summed E-state index contributed by atoms with van der Waals surface area (Å²) in [4.78, 5) is 3.83. The van der Waals surface area contributed by atoms with Crippen molar-refractivity contribution < 1.29 is 13.5 Å². The molecule has 0 fully saturated rings. The third-order valence-electron chi connectivity index (χ3n) is 6.85. The number of hydrogen-bond donors (Lipinski definition) is 2. The second kappa shape index (κ2) is 9.99. The molecule has 0 atom stereocenters. The molecular formula is C34H33NO3S. The average molecular weight is 536 g/mol. The van der Waals surface area contributed by atoms with Gasteiger partial charge in [-0.3, -0.25) is 0 Å². The molecule has 5 aromatic rings. The number of para-hydroxylation sites is 1. The highest BCUT2D eigenvalue weighted by molar-refractivity contribution is 8.00. The second-order valence-corrected chi connectivity index (χ2v) is 13.0. The van der Waals surface area contributed by atoms with Crippen molar-refractivity contribution in [3.05, 3.63) is 143 Å². The first-order valence-electron chi connectivity index (χ1n) is 13.0. The zero-order valence-electron chi connectivity index (χ0n) is 22.6. The Kier molecular flexibility index (Phi) is 6.83. The van der Waals surface area contributed by atoms with E-state index in [1.165, 1.54) is 0 Å². The van der Waals surface area contributed by atoms with E-state index in [0.717, 1.165) is 16.5 Å². The number of benzene rings is 4. The molecule has 39 heavy (non-hydrogen) atoms. The average Bonchev–Trinajstić information content (AvgIpc) is 3.31. The van der Waals surface area contributed by atoms with Gasteiger partial charge in [0.15, 0.2) is 5.60 Å². The largest absolute Gasteiger partial charge is 0.375 e. The van der Waals surface area contributed by atoms with Crippen LogP contribution in [-0.4, -0.2) is 18.5 Å². The topological polar surface area (TPSA) is 70.2 Å². The van der Waals surface area contributed by atoms with E-state index < -0.39 is 20.9 Å². The van der Waals surface area contributed by atoms with Gasteiger partial charge in [0.1, 0.15) is 0 Å². The van der Waals surface area contributed by atoms with Gasteiger partial charge in [-0.1, -0.05) is 118 Å². The summed E-state index contributed by atoms with van der Waals surface area (Å²) in [5.41, 5.74) is 1.61. The van der Waals surface area contributed by atoms with Gasteiger partial charge in [-0.25, -0.2) is 8.42 Å². The molecule has 2 N–H and O–H groups in total. The number of nitrogens with one attached hydrogen (secondary N) is 1. The van der Waals surface area contributed by atoms with Gasteiger partial charge < -0.3 is 10.1 Å². The molecule has 0 saturated heterocycles. The lowest BCUT2D eigenvalue weighted by Gasteiger charge is -2.31. The summed E-state index contributed by atoms with van der Waals surface area (Å²) in [6.45, 7) is 7.82. The predicted octanol–water partition coefficient (Wildman–Crippen LogP) is 7.62. The van der Waals surface area contributed by atoms with Crippen LogP contribution in [0.25, 0.3) is 15.8 Å². The van der Waals surface area contributed by atoms with Gasteiger partial charge in [0, 0.05) is 16.5 Å². The Balaban J connectivity index is 1.93. The Morgan fingerprint density at radius 3 is 1.90 bits per heavy atom. The summed E-state index contributed by atoms with van der Waals surface area (Å²) in [7, 11) is -3.99. The van der Waals surface area contributed by atoms with E-state index in [4.69, 9.17) is 0 Å². The molecule has 4 nitrogen and oxygen atoms in total. The quantitative estimate of drug-likeness (QED) is 0.235. The van der Waals surface area contributed by atoms with Gasteiger partial charge >= 0.3 is 0 Å². The lowest BCUT2D eigenvalue weighted by atomic mass is 9.81. The highest BCUT2D eigenvalue weighted by Crippen LogP contribution is 2.45. The SMILES string of the molecule is Cc1cccc(S(=O)(=O)C(=CC(C)(C)C)c2c(C(O)(c3ccccc3)c3ccccc3)[nH]c3ccccc23)c1. The minimum atomic E-state index is -3.99. The highest BCUT2D eigenvalue weighted by Gasteiger charge is 2.41. The molecule has 1 aromatic heterocycles. The number of aromatic nitrogens is 1. The van der Waals surface area contributed by atoms with Crippen LogP contribution in [-0.2, 0) is 15.4 Å². The fraction of sp³-hybridized carbons (Fsp3) is 0.176. The summed E-state index contributed by atoms with van der Waals surface area (Å²) in [6, 6.07) is 33.3. The van der Waals surface area contributed by atoms with Crippen LogP contribution in [0.15, 0.2) is 120 Å². The van der Waals surface area contributed by atoms with Crippen LogP contribution in [0.2, 0.25) is 0 Å². The Hall–Kier alpha value is -3.93. The monoisotopic (exact) mass is 535 g/mol. The summed E-state index contributed by atoms with van der Waals surface area (Å²) < 4.78 is 29.0. The number of aromatic amines is 1. The summed E-state index contributed by atoms with van der Waals surface area (Å²) in [5.74, 6) is 0. The molecule has 0 radical (unpaired) electrons. The van der Waals surface area contributed by atoms with Crippen LogP contribution >= 0.6 is 0 Å². The van der Waals surface area contributed by atoms with E-state index in [-0.39, 0.29) is 9.80 Å². The lowest BCUT2D eigenvalue weighted by molar-refractivity contribution is 0.121. The normalized spacial score (nSPS) is 13.1. The number of aryl methyl sites for hydroxylation is 1. The Morgan fingerprint density at radius 1 is 0.769 bits per heavy atom. The molecule has 1 heterocycles. The van der Waals surface area contributed by atoms with Crippen LogP contribution in [0.4, 0.5) is 0 Å². The lowest BCUT2D eigenvalue weighted by Crippen LogP contribution is -2.31. The number of rotatable bonds is 6. The Labute approximate surface area is 230 Å². The van der Waals surface area contributed by atoms with Crippen LogP contribution in [0.1, 0.15) is 48.7 Å². The van der Waals surface area contributed by atoms with Crippen molar-refractivity contribution >= 4 is 25.6 Å². The van der Waals surface area contributed by atoms with Crippen molar-refractivity contribution in [3.63, 3.8) is 0 Å². The number of fused-ring (bicyclic) bond motifs is 1. The maximum absolute atomic E-state index is 14.5. The molecule has 0 aliphatic heterocycles. The number of H-pyrrole nitrogens is 1. The molecule has 0 spiro atoms. The molecule has 198 valence electrons. The summed E-state index contributed by atoms with van der Waals surface area (Å²) in [6.07, 6.45) is 1.81. The van der Waals surface area contributed by atoms with E-state index >= 15 is 0 Å². The van der Waals surface area contributed by atoms with Crippen LogP contribution in [0.5, 0.6) is 0 Å². The molecule has 0 aliphatic carbocycles. The maximum Gasteiger partial charge on any atom is 0.206 e. The van der Waals surface area contributed by atoms with Crippen LogP contribution in [0, 0.1) is 12.3 Å². The van der Waals surface area contributed by atoms with Gasteiger partial charge in [0.2, 0.25) is 9.84 Å². The molecule has 0 bridgehead atoms. The van der Waals surface area contributed by atoms with E-state index in [1.807, 2.05) is 119 Å². The van der Waals surface area contributed by atoms with E-state index in [9.17, 15) is 13.5 Å². The first-order valence-corrected chi connectivity index (χ1v) is 14.5. The smallest absolute Gasteiger partial charge is 0.206 e. The fourth-order valence-corrected chi connectivity index (χ4v) is 6.91. The second-order valence-electron chi connectivity index (χ2n) is 11.1. The van der Waals surface area contributed by atoms with Crippen molar-refractivity contribution in [2.45, 2.75) is 38.2 Å². The minimum Gasteiger partial charge on any atom is -0.375 e. The van der Waals surface area contributed by atoms with Crippen molar-refractivity contribution in [1.29, 1.82) is 0 Å². The van der Waals surface area contributed by atoms with E-state index in [0.29, 0.717) is 22.4 Å². The van der Waals surface area contributed by atoms with Crippen molar-refractivity contribution in [1.82, 2.24) is 4.98 Å². The van der Waals surface area contributed by atoms with Gasteiger partial charge in [-0.2, -0.15) is 0 Å². The molecule has 0 aliphatic rings. The highest BCUT2D eigenvalue weighted by atomic mass is 32.2. The fourth-order valence-electron chi connectivity index (χ4n) is 5.07. The molecule has 5 rings (SSSR count). The number of hydrogen-bond acceptors (Lipinski definition) is 3. The number of aliphatic hydroxyl groups is 1. The van der Waals surface area contributed by atoms with Gasteiger partial charge in [0.05, 0.1) is 15.5 Å². The van der Waals surface area contributed by atoms with Crippen LogP contribution in [0.3, 0.4) is 0 Å². The molecule has 0 saturated carbocycles. The first kappa shape index (κ1) is 26.7. The minimum absolute atomic E-state index is 0.165. The zero-order valence-corrected chi connectivity index (χ0v) is 23.5. The number of sulfone groups is 1. The van der Waals surface area contributed by atoms with E-state index in [2.05, 4.69) is 4.98 Å². The van der Waals surface area contributed by atoms with E-state index in [1.54, 1.807) is 24.3 Å². The van der Waals surface area contributed by atoms with Crippen molar-refractivity contribution in [3.8, 4) is 0 Å². The third-order valence-corrected chi connectivity index (χ3v) is 8.63. The standard InChI is InChI=1S/C34H33NO3S/c1-24-14-13-19-27(22-24)39(37,38)30(23-33(2,3)4)31-28-20-11-12-21-29(28)35-32(31)34(36,25-15-7-5-8-16-25)26-17-9-6-10-18-26/h5-23,35-36H,1-4H3. The van der Waals surface area contributed by atoms with Crippen molar-refractivity contribution in [2.24, 2.45) is 5.41 Å². The summed E-state index contributed by atoms with van der Waals surface area (Å²) >= 11 is 0. The van der Waals surface area contributed by atoms with Gasteiger partial charge in [-0.05, 0) is 47.2 Å². The van der Waals surface area contributed by atoms with Gasteiger partial charge in [0.25, 0.3) is 0 Å². The van der Waals surface area contributed by atoms with Gasteiger partial charge in [-0.15, -0.1) is 0 Å². The molecule has 0 unspecified atom stereocenters. The first-order chi connectivity index (χ1) is 18.5. The molecular weight excluding hydrogens is 502 g/mol. The Morgan fingerprint density at radius 2 is 1.33 bits per heavy atom. The maximum atomic E-state index is 14.5.